The predicted octanol–water partition coefficient (Wildman–Crippen LogP) is 3.06. The first-order valence-corrected chi connectivity index (χ1v) is 8.67. The van der Waals surface area contributed by atoms with Crippen molar-refractivity contribution in [2.24, 2.45) is 0 Å². The van der Waals surface area contributed by atoms with E-state index in [1.165, 1.54) is 6.07 Å². The van der Waals surface area contributed by atoms with Gasteiger partial charge in [-0.2, -0.15) is 0 Å². The second-order valence-corrected chi connectivity index (χ2v) is 6.33. The zero-order chi connectivity index (χ0) is 18.5. The summed E-state index contributed by atoms with van der Waals surface area (Å²) in [6.45, 7) is 4.35. The van der Waals surface area contributed by atoms with Gasteiger partial charge in [0.05, 0.1) is 0 Å². The predicted molar refractivity (Wildman–Crippen MR) is 98.9 cm³/mol. The fourth-order valence-electron chi connectivity index (χ4n) is 3.00. The van der Waals surface area contributed by atoms with E-state index in [0.29, 0.717) is 37.3 Å². The highest BCUT2D eigenvalue weighted by atomic mass is 19.1. The first kappa shape index (κ1) is 17.9. The minimum absolute atomic E-state index is 0.0490. The Morgan fingerprint density at radius 2 is 1.65 bits per heavy atom. The van der Waals surface area contributed by atoms with Gasteiger partial charge in [0.25, 0.3) is 0 Å². The maximum absolute atomic E-state index is 13.6. The van der Waals surface area contributed by atoms with Crippen LogP contribution in [0.25, 0.3) is 0 Å². The second-order valence-electron chi connectivity index (χ2n) is 6.33. The van der Waals surface area contributed by atoms with Crippen LogP contribution in [0.15, 0.2) is 48.5 Å². The van der Waals surface area contributed by atoms with Gasteiger partial charge >= 0.3 is 6.03 Å². The van der Waals surface area contributed by atoms with Crippen LogP contribution >= 0.6 is 0 Å². The number of halogens is 1. The van der Waals surface area contributed by atoms with Crippen LogP contribution in [0.5, 0.6) is 0 Å². The molecule has 3 rings (SSSR count). The molecule has 0 radical (unpaired) electrons. The standard InChI is InChI=1S/C20H22FN3O2/c1-15(25)16-6-8-18(9-7-16)23-10-12-24(13-11-23)20(26)22-14-17-4-2-3-5-19(17)21/h2-9H,10-14H2,1H3,(H,22,26). The molecule has 1 saturated heterocycles. The van der Waals surface area contributed by atoms with Crippen molar-refractivity contribution in [1.29, 1.82) is 0 Å². The number of Topliss-reactive ketones (excluding diaryl/α,β-unsaturated/α-hetero) is 1. The molecule has 1 N–H and O–H groups in total. The monoisotopic (exact) mass is 355 g/mol. The Morgan fingerprint density at radius 1 is 1.00 bits per heavy atom. The summed E-state index contributed by atoms with van der Waals surface area (Å²) in [5.41, 5.74) is 2.21. The molecule has 2 aromatic carbocycles. The Bertz CT molecular complexity index is 784. The van der Waals surface area contributed by atoms with Crippen molar-refractivity contribution in [2.75, 3.05) is 31.1 Å². The van der Waals surface area contributed by atoms with E-state index in [0.717, 1.165) is 5.69 Å². The number of nitrogens with zero attached hydrogens (tertiary/aromatic N) is 2. The lowest BCUT2D eigenvalue weighted by Crippen LogP contribution is -2.51. The van der Waals surface area contributed by atoms with Crippen LogP contribution in [-0.2, 0) is 6.54 Å². The molecule has 1 heterocycles. The van der Waals surface area contributed by atoms with Crippen molar-refractivity contribution in [3.05, 3.63) is 65.5 Å². The Hall–Kier alpha value is -2.89. The van der Waals surface area contributed by atoms with Gasteiger partial charge < -0.3 is 15.1 Å². The fourth-order valence-corrected chi connectivity index (χ4v) is 3.00. The molecule has 0 aromatic heterocycles. The van der Waals surface area contributed by atoms with E-state index in [2.05, 4.69) is 10.2 Å². The van der Waals surface area contributed by atoms with Crippen LogP contribution in [0.1, 0.15) is 22.8 Å². The van der Waals surface area contributed by atoms with Gasteiger partial charge in [-0.25, -0.2) is 9.18 Å². The zero-order valence-corrected chi connectivity index (χ0v) is 14.7. The molecule has 0 saturated carbocycles. The van der Waals surface area contributed by atoms with E-state index in [9.17, 15) is 14.0 Å². The lowest BCUT2D eigenvalue weighted by Gasteiger charge is -2.36. The summed E-state index contributed by atoms with van der Waals surface area (Å²) in [5.74, 6) is -0.264. The van der Waals surface area contributed by atoms with E-state index in [-0.39, 0.29) is 24.2 Å². The third-order valence-electron chi connectivity index (χ3n) is 4.59. The van der Waals surface area contributed by atoms with Crippen LogP contribution < -0.4 is 10.2 Å². The number of hydrogen-bond donors (Lipinski definition) is 1. The number of rotatable bonds is 4. The Morgan fingerprint density at radius 3 is 2.27 bits per heavy atom. The summed E-state index contributed by atoms with van der Waals surface area (Å²) in [5, 5.41) is 2.78. The SMILES string of the molecule is CC(=O)c1ccc(N2CCN(C(=O)NCc3ccccc3F)CC2)cc1. The van der Waals surface area contributed by atoms with Crippen molar-refractivity contribution >= 4 is 17.5 Å². The lowest BCUT2D eigenvalue weighted by molar-refractivity contribution is 0.101. The van der Waals surface area contributed by atoms with Crippen molar-refractivity contribution in [3.63, 3.8) is 0 Å². The number of ketones is 1. The van der Waals surface area contributed by atoms with Crippen LogP contribution in [0.4, 0.5) is 14.9 Å². The zero-order valence-electron chi connectivity index (χ0n) is 14.7. The third-order valence-corrected chi connectivity index (χ3v) is 4.59. The molecule has 0 bridgehead atoms. The molecule has 0 unspecified atom stereocenters. The van der Waals surface area contributed by atoms with Crippen molar-refractivity contribution < 1.29 is 14.0 Å². The summed E-state index contributed by atoms with van der Waals surface area (Å²) in [7, 11) is 0. The number of nitrogens with one attached hydrogen (secondary N) is 1. The summed E-state index contributed by atoms with van der Waals surface area (Å²) in [6.07, 6.45) is 0. The molecule has 6 heteroatoms. The van der Waals surface area contributed by atoms with Crippen molar-refractivity contribution in [3.8, 4) is 0 Å². The van der Waals surface area contributed by atoms with Gasteiger partial charge in [0.15, 0.2) is 5.78 Å². The van der Waals surface area contributed by atoms with Gasteiger partial charge in [0, 0.05) is 49.5 Å². The average Bonchev–Trinajstić information content (AvgIpc) is 2.67. The summed E-state index contributed by atoms with van der Waals surface area (Å²) >= 11 is 0. The van der Waals surface area contributed by atoms with E-state index in [1.807, 2.05) is 24.3 Å². The quantitative estimate of drug-likeness (QED) is 0.858. The Labute approximate surface area is 152 Å². The van der Waals surface area contributed by atoms with Gasteiger partial charge in [-0.1, -0.05) is 18.2 Å². The van der Waals surface area contributed by atoms with Gasteiger partial charge in [-0.3, -0.25) is 4.79 Å². The largest absolute Gasteiger partial charge is 0.368 e. The molecule has 0 spiro atoms. The average molecular weight is 355 g/mol. The summed E-state index contributed by atoms with van der Waals surface area (Å²) in [6, 6.07) is 13.8. The number of amides is 2. The molecule has 136 valence electrons. The third kappa shape index (κ3) is 4.20. The normalized spacial score (nSPS) is 14.2. The molecule has 2 amide bonds. The van der Waals surface area contributed by atoms with E-state index in [1.54, 1.807) is 30.0 Å². The minimum Gasteiger partial charge on any atom is -0.368 e. The highest BCUT2D eigenvalue weighted by Crippen LogP contribution is 2.18. The molecule has 1 aliphatic heterocycles. The van der Waals surface area contributed by atoms with Crippen molar-refractivity contribution in [2.45, 2.75) is 13.5 Å². The molecular formula is C20H22FN3O2. The second kappa shape index (κ2) is 7.99. The van der Waals surface area contributed by atoms with E-state index in [4.69, 9.17) is 0 Å². The van der Waals surface area contributed by atoms with Crippen LogP contribution in [-0.4, -0.2) is 42.9 Å². The first-order valence-electron chi connectivity index (χ1n) is 8.67. The number of piperazine rings is 1. The molecule has 0 atom stereocenters. The molecule has 1 fully saturated rings. The maximum Gasteiger partial charge on any atom is 0.317 e. The molecular weight excluding hydrogens is 333 g/mol. The number of urea groups is 1. The highest BCUT2D eigenvalue weighted by Gasteiger charge is 2.21. The Kier molecular flexibility index (Phi) is 5.51. The van der Waals surface area contributed by atoms with Gasteiger partial charge in [0.1, 0.15) is 5.82 Å². The lowest BCUT2D eigenvalue weighted by atomic mass is 10.1. The summed E-state index contributed by atoms with van der Waals surface area (Å²) < 4.78 is 13.6. The highest BCUT2D eigenvalue weighted by molar-refractivity contribution is 5.94. The van der Waals surface area contributed by atoms with Gasteiger partial charge in [0.2, 0.25) is 0 Å². The van der Waals surface area contributed by atoms with E-state index < -0.39 is 0 Å². The number of benzene rings is 2. The number of carbonyl (C=O) groups is 2. The molecule has 1 aliphatic rings. The van der Waals surface area contributed by atoms with E-state index >= 15 is 0 Å². The smallest absolute Gasteiger partial charge is 0.317 e. The molecule has 2 aromatic rings. The topological polar surface area (TPSA) is 52.7 Å². The summed E-state index contributed by atoms with van der Waals surface area (Å²) in [4.78, 5) is 27.6. The maximum atomic E-state index is 13.6. The fraction of sp³-hybridized carbons (Fsp3) is 0.300. The van der Waals surface area contributed by atoms with Gasteiger partial charge in [-0.05, 0) is 37.3 Å². The number of anilines is 1. The molecule has 0 aliphatic carbocycles. The number of hydrogen-bond acceptors (Lipinski definition) is 3. The molecule has 26 heavy (non-hydrogen) atoms. The van der Waals surface area contributed by atoms with Crippen LogP contribution in [0.2, 0.25) is 0 Å². The molecule has 5 nitrogen and oxygen atoms in total. The number of carbonyl (C=O) groups excluding carboxylic acids is 2. The first-order chi connectivity index (χ1) is 12.5. The van der Waals surface area contributed by atoms with Crippen LogP contribution in [0, 0.1) is 5.82 Å². The Balaban J connectivity index is 1.50. The van der Waals surface area contributed by atoms with Crippen LogP contribution in [0.3, 0.4) is 0 Å². The van der Waals surface area contributed by atoms with Gasteiger partial charge in [-0.15, -0.1) is 0 Å². The minimum atomic E-state index is -0.313. The van der Waals surface area contributed by atoms with Crippen molar-refractivity contribution in [1.82, 2.24) is 10.2 Å².